The van der Waals surface area contributed by atoms with Crippen molar-refractivity contribution in [3.63, 3.8) is 0 Å². The standard InChI is InChI=1S/C15H29NO2/c1-7-14(15(17)18-6)8-9-16(10-12(2)3)11-13(4)5/h8,12-13H,7,9-11H2,1-6H3. The van der Waals surface area contributed by atoms with Gasteiger partial charge in [-0.1, -0.05) is 40.7 Å². The SMILES string of the molecule is CCC(=CCN(CC(C)C)CC(C)C)C(=O)OC. The van der Waals surface area contributed by atoms with Gasteiger partial charge in [-0.15, -0.1) is 0 Å². The Labute approximate surface area is 112 Å². The first kappa shape index (κ1) is 17.2. The zero-order valence-electron chi connectivity index (χ0n) is 12.8. The van der Waals surface area contributed by atoms with E-state index < -0.39 is 0 Å². The van der Waals surface area contributed by atoms with Crippen LogP contribution in [0.3, 0.4) is 0 Å². The zero-order valence-corrected chi connectivity index (χ0v) is 12.8. The molecule has 0 aromatic rings. The first-order chi connectivity index (χ1) is 8.40. The molecule has 0 rings (SSSR count). The Morgan fingerprint density at radius 1 is 1.17 bits per heavy atom. The molecule has 18 heavy (non-hydrogen) atoms. The van der Waals surface area contributed by atoms with Crippen LogP contribution in [0.5, 0.6) is 0 Å². The molecular weight excluding hydrogens is 226 g/mol. The van der Waals surface area contributed by atoms with Crippen LogP contribution in [0, 0.1) is 11.8 Å². The monoisotopic (exact) mass is 255 g/mol. The van der Waals surface area contributed by atoms with Gasteiger partial charge in [0.1, 0.15) is 0 Å². The fraction of sp³-hybridized carbons (Fsp3) is 0.800. The molecule has 0 aromatic carbocycles. The minimum atomic E-state index is -0.202. The number of ether oxygens (including phenoxy) is 1. The van der Waals surface area contributed by atoms with Gasteiger partial charge in [-0.25, -0.2) is 4.79 Å². The van der Waals surface area contributed by atoms with Crippen molar-refractivity contribution in [3.05, 3.63) is 11.6 Å². The van der Waals surface area contributed by atoms with Crippen molar-refractivity contribution < 1.29 is 9.53 Å². The van der Waals surface area contributed by atoms with Gasteiger partial charge in [0.25, 0.3) is 0 Å². The van der Waals surface area contributed by atoms with E-state index in [1.807, 2.05) is 13.0 Å². The molecule has 0 saturated heterocycles. The molecule has 0 aliphatic rings. The lowest BCUT2D eigenvalue weighted by atomic mass is 10.1. The summed E-state index contributed by atoms with van der Waals surface area (Å²) < 4.78 is 4.77. The first-order valence-corrected chi connectivity index (χ1v) is 6.90. The molecule has 0 N–H and O–H groups in total. The van der Waals surface area contributed by atoms with Crippen LogP contribution < -0.4 is 0 Å². The molecule has 0 amide bonds. The summed E-state index contributed by atoms with van der Waals surface area (Å²) in [7, 11) is 1.44. The number of carbonyl (C=O) groups is 1. The van der Waals surface area contributed by atoms with Gasteiger partial charge >= 0.3 is 5.97 Å². The third-order valence-corrected chi connectivity index (χ3v) is 2.67. The van der Waals surface area contributed by atoms with Crippen molar-refractivity contribution in [1.82, 2.24) is 4.90 Å². The van der Waals surface area contributed by atoms with E-state index >= 15 is 0 Å². The summed E-state index contributed by atoms with van der Waals surface area (Å²) in [5.41, 5.74) is 0.773. The summed E-state index contributed by atoms with van der Waals surface area (Å²) >= 11 is 0. The molecule has 106 valence electrons. The highest BCUT2D eigenvalue weighted by atomic mass is 16.5. The van der Waals surface area contributed by atoms with Crippen molar-refractivity contribution in [2.45, 2.75) is 41.0 Å². The van der Waals surface area contributed by atoms with Crippen LogP contribution in [-0.2, 0) is 9.53 Å². The number of esters is 1. The van der Waals surface area contributed by atoms with Crippen LogP contribution in [0.2, 0.25) is 0 Å². The van der Waals surface area contributed by atoms with Gasteiger partial charge in [-0.2, -0.15) is 0 Å². The van der Waals surface area contributed by atoms with Crippen LogP contribution >= 0.6 is 0 Å². The molecule has 0 saturated carbocycles. The molecular formula is C15H29NO2. The molecule has 0 bridgehead atoms. The van der Waals surface area contributed by atoms with Crippen molar-refractivity contribution in [1.29, 1.82) is 0 Å². The molecule has 0 aliphatic carbocycles. The Morgan fingerprint density at radius 2 is 1.67 bits per heavy atom. The van der Waals surface area contributed by atoms with E-state index in [4.69, 9.17) is 4.74 Å². The molecule has 0 aromatic heterocycles. The molecule has 3 nitrogen and oxygen atoms in total. The second-order valence-electron chi connectivity index (χ2n) is 5.58. The van der Waals surface area contributed by atoms with Gasteiger partial charge in [0, 0.05) is 25.2 Å². The van der Waals surface area contributed by atoms with Gasteiger partial charge < -0.3 is 4.74 Å². The minimum Gasteiger partial charge on any atom is -0.466 e. The Hall–Kier alpha value is -0.830. The smallest absolute Gasteiger partial charge is 0.333 e. The fourth-order valence-electron chi connectivity index (χ4n) is 2.00. The number of hydrogen-bond donors (Lipinski definition) is 0. The quantitative estimate of drug-likeness (QED) is 0.493. The van der Waals surface area contributed by atoms with E-state index in [1.165, 1.54) is 7.11 Å². The van der Waals surface area contributed by atoms with Gasteiger partial charge in [0.2, 0.25) is 0 Å². The predicted molar refractivity (Wildman–Crippen MR) is 76.5 cm³/mol. The molecule has 0 heterocycles. The summed E-state index contributed by atoms with van der Waals surface area (Å²) in [6.07, 6.45) is 2.74. The maximum absolute atomic E-state index is 11.5. The number of hydrogen-bond acceptors (Lipinski definition) is 3. The van der Waals surface area contributed by atoms with Gasteiger partial charge in [0.05, 0.1) is 7.11 Å². The second kappa shape index (κ2) is 9.15. The predicted octanol–water partition coefficient (Wildman–Crippen LogP) is 3.11. The van der Waals surface area contributed by atoms with E-state index in [-0.39, 0.29) is 5.97 Å². The Balaban J connectivity index is 4.54. The van der Waals surface area contributed by atoms with E-state index in [9.17, 15) is 4.79 Å². The number of carbonyl (C=O) groups excluding carboxylic acids is 1. The van der Waals surface area contributed by atoms with E-state index in [0.29, 0.717) is 11.8 Å². The Bertz CT molecular complexity index is 260. The van der Waals surface area contributed by atoms with Gasteiger partial charge in [-0.3, -0.25) is 4.90 Å². The number of rotatable bonds is 8. The Morgan fingerprint density at radius 3 is 2.00 bits per heavy atom. The average molecular weight is 255 g/mol. The summed E-state index contributed by atoms with van der Waals surface area (Å²) in [4.78, 5) is 13.9. The van der Waals surface area contributed by atoms with Crippen LogP contribution in [-0.4, -0.2) is 37.6 Å². The first-order valence-electron chi connectivity index (χ1n) is 6.90. The zero-order chi connectivity index (χ0) is 14.1. The lowest BCUT2D eigenvalue weighted by Gasteiger charge is -2.25. The lowest BCUT2D eigenvalue weighted by molar-refractivity contribution is -0.136. The van der Waals surface area contributed by atoms with Crippen LogP contribution in [0.15, 0.2) is 11.6 Å². The Kier molecular flexibility index (Phi) is 8.73. The van der Waals surface area contributed by atoms with Crippen molar-refractivity contribution in [2.24, 2.45) is 11.8 Å². The van der Waals surface area contributed by atoms with Gasteiger partial charge in [0.15, 0.2) is 0 Å². The molecule has 0 spiro atoms. The highest BCUT2D eigenvalue weighted by Crippen LogP contribution is 2.07. The summed E-state index contributed by atoms with van der Waals surface area (Å²) in [5, 5.41) is 0. The van der Waals surface area contributed by atoms with E-state index in [2.05, 4.69) is 32.6 Å². The van der Waals surface area contributed by atoms with E-state index in [1.54, 1.807) is 0 Å². The highest BCUT2D eigenvalue weighted by molar-refractivity contribution is 5.88. The van der Waals surface area contributed by atoms with Crippen molar-refractivity contribution >= 4 is 5.97 Å². The number of nitrogens with zero attached hydrogens (tertiary/aromatic N) is 1. The maximum Gasteiger partial charge on any atom is 0.333 e. The second-order valence-corrected chi connectivity index (χ2v) is 5.58. The van der Waals surface area contributed by atoms with Gasteiger partial charge in [-0.05, 0) is 18.3 Å². The van der Waals surface area contributed by atoms with Crippen LogP contribution in [0.25, 0.3) is 0 Å². The molecule has 3 heteroatoms. The largest absolute Gasteiger partial charge is 0.466 e. The fourth-order valence-corrected chi connectivity index (χ4v) is 2.00. The molecule has 0 atom stereocenters. The van der Waals surface area contributed by atoms with Crippen molar-refractivity contribution in [2.75, 3.05) is 26.7 Å². The topological polar surface area (TPSA) is 29.5 Å². The minimum absolute atomic E-state index is 0.202. The average Bonchev–Trinajstić information content (AvgIpc) is 2.27. The van der Waals surface area contributed by atoms with Crippen LogP contribution in [0.1, 0.15) is 41.0 Å². The van der Waals surface area contributed by atoms with Crippen LogP contribution in [0.4, 0.5) is 0 Å². The number of methoxy groups -OCH3 is 1. The summed E-state index contributed by atoms with van der Waals surface area (Å²) in [6.45, 7) is 13.8. The molecule has 0 fully saturated rings. The molecule has 0 unspecified atom stereocenters. The third-order valence-electron chi connectivity index (χ3n) is 2.67. The maximum atomic E-state index is 11.5. The summed E-state index contributed by atoms with van der Waals surface area (Å²) in [6, 6.07) is 0. The summed E-state index contributed by atoms with van der Waals surface area (Å²) in [5.74, 6) is 1.08. The lowest BCUT2D eigenvalue weighted by Crippen LogP contribution is -2.31. The van der Waals surface area contributed by atoms with Crippen molar-refractivity contribution in [3.8, 4) is 0 Å². The van der Waals surface area contributed by atoms with E-state index in [0.717, 1.165) is 31.6 Å². The third kappa shape index (κ3) is 7.49. The molecule has 0 aliphatic heterocycles. The normalized spacial score (nSPS) is 12.6. The molecule has 0 radical (unpaired) electrons. The highest BCUT2D eigenvalue weighted by Gasteiger charge is 2.11.